The van der Waals surface area contributed by atoms with Crippen molar-refractivity contribution in [3.8, 4) is 0 Å². The van der Waals surface area contributed by atoms with E-state index in [0.29, 0.717) is 0 Å². The Kier molecular flexibility index (Phi) is 2.43. The molecule has 3 rings (SSSR count). The Labute approximate surface area is 97.7 Å². The van der Waals surface area contributed by atoms with Crippen LogP contribution in [0.4, 0.5) is 0 Å². The van der Waals surface area contributed by atoms with Gasteiger partial charge in [-0.1, -0.05) is 41.5 Å². The highest BCUT2D eigenvalue weighted by Crippen LogP contribution is 2.39. The van der Waals surface area contributed by atoms with E-state index >= 15 is 0 Å². The van der Waals surface area contributed by atoms with Gasteiger partial charge in [-0.05, 0) is 55.7 Å². The second-order valence-electron chi connectivity index (χ2n) is 5.05. The van der Waals surface area contributed by atoms with E-state index in [0.717, 1.165) is 0 Å². The van der Waals surface area contributed by atoms with Gasteiger partial charge in [-0.3, -0.25) is 0 Å². The van der Waals surface area contributed by atoms with Gasteiger partial charge in [0.25, 0.3) is 0 Å². The average molecular weight is 210 g/mol. The van der Waals surface area contributed by atoms with E-state index in [1.807, 2.05) is 0 Å². The molecule has 0 saturated heterocycles. The van der Waals surface area contributed by atoms with Crippen molar-refractivity contribution in [1.29, 1.82) is 0 Å². The topological polar surface area (TPSA) is 0 Å². The molecular formula is C16H18. The lowest BCUT2D eigenvalue weighted by Gasteiger charge is -2.12. The van der Waals surface area contributed by atoms with Crippen molar-refractivity contribution in [3.05, 3.63) is 52.6 Å². The molecule has 0 saturated carbocycles. The molecule has 0 atom stereocenters. The van der Waals surface area contributed by atoms with Gasteiger partial charge in [-0.15, -0.1) is 0 Å². The first-order chi connectivity index (χ1) is 7.83. The average Bonchev–Trinajstić information content (AvgIpc) is 2.73. The summed E-state index contributed by atoms with van der Waals surface area (Å²) in [5, 5.41) is 0. The molecule has 0 heterocycles. The number of aryl methyl sites for hydroxylation is 1. The van der Waals surface area contributed by atoms with Crippen LogP contribution in [0, 0.1) is 6.92 Å². The summed E-state index contributed by atoms with van der Waals surface area (Å²) in [6.45, 7) is 2.15. The van der Waals surface area contributed by atoms with Gasteiger partial charge in [0.05, 0.1) is 0 Å². The molecular weight excluding hydrogens is 192 g/mol. The summed E-state index contributed by atoms with van der Waals surface area (Å²) >= 11 is 0. The van der Waals surface area contributed by atoms with E-state index in [9.17, 15) is 0 Å². The predicted molar refractivity (Wildman–Crippen MR) is 69.3 cm³/mol. The standard InChI is InChI=1S/C16H18/c1-12-6-8-13(9-7-12)16-10-14-4-2-3-5-15(14)11-16/h6-10H,2-5,11H2,1H3. The first-order valence-electron chi connectivity index (χ1n) is 6.31. The molecule has 0 amide bonds. The number of rotatable bonds is 1. The van der Waals surface area contributed by atoms with Gasteiger partial charge >= 0.3 is 0 Å². The monoisotopic (exact) mass is 210 g/mol. The third-order valence-electron chi connectivity index (χ3n) is 3.80. The number of hydrogen-bond donors (Lipinski definition) is 0. The Morgan fingerprint density at radius 2 is 1.69 bits per heavy atom. The maximum Gasteiger partial charge on any atom is -0.00552 e. The van der Waals surface area contributed by atoms with Crippen LogP contribution >= 0.6 is 0 Å². The molecule has 0 fully saturated rings. The lowest BCUT2D eigenvalue weighted by molar-refractivity contribution is 0.681. The van der Waals surface area contributed by atoms with Crippen LogP contribution in [0.25, 0.3) is 5.57 Å². The minimum absolute atomic E-state index is 1.21. The van der Waals surface area contributed by atoms with Crippen molar-refractivity contribution in [3.63, 3.8) is 0 Å². The third-order valence-corrected chi connectivity index (χ3v) is 3.80. The fourth-order valence-electron chi connectivity index (χ4n) is 2.81. The Balaban J connectivity index is 1.86. The summed E-state index contributed by atoms with van der Waals surface area (Å²) < 4.78 is 0. The Morgan fingerprint density at radius 1 is 0.938 bits per heavy atom. The zero-order valence-corrected chi connectivity index (χ0v) is 9.92. The van der Waals surface area contributed by atoms with Crippen LogP contribution in [0.1, 0.15) is 43.2 Å². The molecule has 82 valence electrons. The van der Waals surface area contributed by atoms with E-state index in [1.54, 1.807) is 11.1 Å². The molecule has 0 bridgehead atoms. The number of allylic oxidation sites excluding steroid dienone is 4. The van der Waals surface area contributed by atoms with Gasteiger partial charge in [-0.2, -0.15) is 0 Å². The molecule has 0 nitrogen and oxygen atoms in total. The van der Waals surface area contributed by atoms with Gasteiger partial charge in [0.1, 0.15) is 0 Å². The molecule has 0 aliphatic heterocycles. The van der Waals surface area contributed by atoms with Gasteiger partial charge < -0.3 is 0 Å². The van der Waals surface area contributed by atoms with Crippen LogP contribution in [0.3, 0.4) is 0 Å². The third kappa shape index (κ3) is 1.73. The molecule has 0 radical (unpaired) electrons. The molecule has 0 aromatic heterocycles. The maximum atomic E-state index is 2.44. The minimum Gasteiger partial charge on any atom is -0.0626 e. The fraction of sp³-hybridized carbons (Fsp3) is 0.375. The molecule has 0 spiro atoms. The smallest absolute Gasteiger partial charge is 0.00552 e. The lowest BCUT2D eigenvalue weighted by atomic mass is 9.93. The van der Waals surface area contributed by atoms with Crippen molar-refractivity contribution in [1.82, 2.24) is 0 Å². The molecule has 0 heteroatoms. The summed E-state index contributed by atoms with van der Waals surface area (Å²) in [5.74, 6) is 0. The van der Waals surface area contributed by atoms with Crippen LogP contribution < -0.4 is 0 Å². The lowest BCUT2D eigenvalue weighted by Crippen LogP contribution is -1.93. The first kappa shape index (κ1) is 9.89. The van der Waals surface area contributed by atoms with E-state index in [-0.39, 0.29) is 0 Å². The summed E-state index contributed by atoms with van der Waals surface area (Å²) in [6.07, 6.45) is 9.08. The normalized spacial score (nSPS) is 19.7. The Bertz CT molecular complexity index is 457. The van der Waals surface area contributed by atoms with Gasteiger partial charge in [0.2, 0.25) is 0 Å². The molecule has 1 aromatic rings. The van der Waals surface area contributed by atoms with Gasteiger partial charge in [0, 0.05) is 0 Å². The van der Waals surface area contributed by atoms with E-state index < -0.39 is 0 Å². The van der Waals surface area contributed by atoms with E-state index in [4.69, 9.17) is 0 Å². The van der Waals surface area contributed by atoms with Crippen LogP contribution in [0.5, 0.6) is 0 Å². The second-order valence-corrected chi connectivity index (χ2v) is 5.05. The Morgan fingerprint density at radius 3 is 2.44 bits per heavy atom. The van der Waals surface area contributed by atoms with E-state index in [1.165, 1.54) is 48.8 Å². The van der Waals surface area contributed by atoms with E-state index in [2.05, 4.69) is 37.3 Å². The van der Waals surface area contributed by atoms with Crippen LogP contribution in [0.2, 0.25) is 0 Å². The van der Waals surface area contributed by atoms with Crippen molar-refractivity contribution in [2.75, 3.05) is 0 Å². The second kappa shape index (κ2) is 3.93. The predicted octanol–water partition coefficient (Wildman–Crippen LogP) is 4.65. The van der Waals surface area contributed by atoms with Crippen LogP contribution in [0.15, 0.2) is 41.5 Å². The molecule has 2 aliphatic rings. The first-order valence-corrected chi connectivity index (χ1v) is 6.31. The summed E-state index contributed by atoms with van der Waals surface area (Å²) in [6, 6.07) is 8.96. The maximum absolute atomic E-state index is 2.44. The zero-order valence-electron chi connectivity index (χ0n) is 9.92. The van der Waals surface area contributed by atoms with Gasteiger partial charge in [0.15, 0.2) is 0 Å². The van der Waals surface area contributed by atoms with Crippen molar-refractivity contribution in [2.24, 2.45) is 0 Å². The zero-order chi connectivity index (χ0) is 11.0. The Hall–Kier alpha value is -1.30. The van der Waals surface area contributed by atoms with Crippen molar-refractivity contribution in [2.45, 2.75) is 39.0 Å². The molecule has 1 aromatic carbocycles. The summed E-state index contributed by atoms with van der Waals surface area (Å²) in [5.41, 5.74) is 7.65. The molecule has 2 aliphatic carbocycles. The van der Waals surface area contributed by atoms with Gasteiger partial charge in [-0.25, -0.2) is 0 Å². The number of benzene rings is 1. The quantitative estimate of drug-likeness (QED) is 0.632. The fourth-order valence-corrected chi connectivity index (χ4v) is 2.81. The van der Waals surface area contributed by atoms with Crippen LogP contribution in [-0.4, -0.2) is 0 Å². The van der Waals surface area contributed by atoms with Crippen molar-refractivity contribution >= 4 is 5.57 Å². The molecule has 0 unspecified atom stereocenters. The summed E-state index contributed by atoms with van der Waals surface area (Å²) in [4.78, 5) is 0. The molecule has 0 N–H and O–H groups in total. The van der Waals surface area contributed by atoms with Crippen LogP contribution in [-0.2, 0) is 0 Å². The highest BCUT2D eigenvalue weighted by molar-refractivity contribution is 5.74. The van der Waals surface area contributed by atoms with Crippen molar-refractivity contribution < 1.29 is 0 Å². The number of hydrogen-bond acceptors (Lipinski definition) is 0. The molecule has 16 heavy (non-hydrogen) atoms. The highest BCUT2D eigenvalue weighted by atomic mass is 14.2. The SMILES string of the molecule is Cc1ccc(C2=CC3=C(CCCC3)C2)cc1. The summed E-state index contributed by atoms with van der Waals surface area (Å²) in [7, 11) is 0. The highest BCUT2D eigenvalue weighted by Gasteiger charge is 2.19. The largest absolute Gasteiger partial charge is 0.0626 e. The minimum atomic E-state index is 1.21.